The Morgan fingerprint density at radius 2 is 1.75 bits per heavy atom. The average molecular weight is 161 g/mol. The number of hydrogen-bond acceptors (Lipinski definition) is 1. The van der Waals surface area contributed by atoms with Crippen LogP contribution in [0.1, 0.15) is 11.1 Å². The number of aryl methyl sites for hydroxylation is 2. The highest BCUT2D eigenvalue weighted by atomic mass is 16.5. The first-order valence-electron chi connectivity index (χ1n) is 3.71. The van der Waals surface area contributed by atoms with Crippen LogP contribution >= 0.6 is 0 Å². The van der Waals surface area contributed by atoms with Crippen LogP contribution in [0.25, 0.3) is 4.85 Å². The van der Waals surface area contributed by atoms with E-state index in [2.05, 4.69) is 4.85 Å². The van der Waals surface area contributed by atoms with Gasteiger partial charge in [-0.25, -0.2) is 4.85 Å². The van der Waals surface area contributed by atoms with Crippen molar-refractivity contribution < 1.29 is 4.74 Å². The number of methoxy groups -OCH3 is 1. The third-order valence-corrected chi connectivity index (χ3v) is 1.78. The molecule has 0 atom stereocenters. The van der Waals surface area contributed by atoms with E-state index in [-0.39, 0.29) is 0 Å². The van der Waals surface area contributed by atoms with Gasteiger partial charge >= 0.3 is 0 Å². The molecule has 0 radical (unpaired) electrons. The van der Waals surface area contributed by atoms with Crippen molar-refractivity contribution in [3.05, 3.63) is 34.7 Å². The molecule has 0 amide bonds. The fourth-order valence-corrected chi connectivity index (χ4v) is 1.31. The molecule has 0 bridgehead atoms. The van der Waals surface area contributed by atoms with Crippen LogP contribution in [-0.2, 0) is 0 Å². The normalized spacial score (nSPS) is 9.17. The molecule has 0 heterocycles. The van der Waals surface area contributed by atoms with E-state index in [1.165, 1.54) is 0 Å². The summed E-state index contributed by atoms with van der Waals surface area (Å²) in [6.45, 7) is 10.7. The maximum absolute atomic E-state index is 6.85. The van der Waals surface area contributed by atoms with Crippen molar-refractivity contribution in [1.82, 2.24) is 0 Å². The van der Waals surface area contributed by atoms with Gasteiger partial charge in [-0.05, 0) is 37.1 Å². The zero-order valence-corrected chi connectivity index (χ0v) is 7.51. The Balaban J connectivity index is 3.30. The molecule has 0 N–H and O–H groups in total. The minimum atomic E-state index is 0.672. The zero-order chi connectivity index (χ0) is 9.14. The first-order valence-corrected chi connectivity index (χ1v) is 3.71. The van der Waals surface area contributed by atoms with Crippen molar-refractivity contribution in [2.24, 2.45) is 0 Å². The summed E-state index contributed by atoms with van der Waals surface area (Å²) >= 11 is 0. The van der Waals surface area contributed by atoms with E-state index in [0.29, 0.717) is 5.69 Å². The third-order valence-electron chi connectivity index (χ3n) is 1.78. The Hall–Kier alpha value is -1.49. The number of rotatable bonds is 1. The van der Waals surface area contributed by atoms with Gasteiger partial charge in [0.05, 0.1) is 13.7 Å². The molecule has 12 heavy (non-hydrogen) atoms. The van der Waals surface area contributed by atoms with Crippen molar-refractivity contribution in [1.29, 1.82) is 0 Å². The number of nitrogens with zero attached hydrogens (tertiary/aromatic N) is 1. The minimum Gasteiger partial charge on any atom is -0.496 e. The van der Waals surface area contributed by atoms with Crippen LogP contribution in [0, 0.1) is 20.4 Å². The SMILES string of the molecule is [C-]#[N+]c1cc(C)c(OC)c(C)c1. The summed E-state index contributed by atoms with van der Waals surface area (Å²) in [7, 11) is 1.65. The van der Waals surface area contributed by atoms with Gasteiger partial charge in [0.1, 0.15) is 5.75 Å². The summed E-state index contributed by atoms with van der Waals surface area (Å²) in [6.07, 6.45) is 0. The molecule has 2 heteroatoms. The van der Waals surface area contributed by atoms with Crippen LogP contribution in [0.5, 0.6) is 5.75 Å². The maximum Gasteiger partial charge on any atom is 0.188 e. The predicted molar refractivity (Wildman–Crippen MR) is 48.7 cm³/mol. The molecule has 1 aromatic rings. The van der Waals surface area contributed by atoms with Crippen LogP contribution < -0.4 is 4.74 Å². The molecule has 1 aromatic carbocycles. The Morgan fingerprint density at radius 1 is 1.25 bits per heavy atom. The van der Waals surface area contributed by atoms with Gasteiger partial charge in [-0.15, -0.1) is 0 Å². The molecule has 62 valence electrons. The first-order chi connectivity index (χ1) is 5.69. The fourth-order valence-electron chi connectivity index (χ4n) is 1.31. The minimum absolute atomic E-state index is 0.672. The van der Waals surface area contributed by atoms with E-state index in [1.54, 1.807) is 7.11 Å². The average Bonchev–Trinajstić information content (AvgIpc) is 2.03. The standard InChI is InChI=1S/C10H11NO/c1-7-5-9(11-3)6-8(2)10(7)12-4/h5-6H,1-2,4H3. The van der Waals surface area contributed by atoms with Crippen molar-refractivity contribution in [2.75, 3.05) is 7.11 Å². The van der Waals surface area contributed by atoms with Gasteiger partial charge < -0.3 is 4.74 Å². The van der Waals surface area contributed by atoms with E-state index < -0.39 is 0 Å². The molecule has 0 aliphatic carbocycles. The summed E-state index contributed by atoms with van der Waals surface area (Å²) in [5.74, 6) is 0.877. The quantitative estimate of drug-likeness (QED) is 0.577. The Morgan fingerprint density at radius 3 is 2.08 bits per heavy atom. The van der Waals surface area contributed by atoms with Crippen LogP contribution in [0.15, 0.2) is 12.1 Å². The van der Waals surface area contributed by atoms with E-state index in [9.17, 15) is 0 Å². The highest BCUT2D eigenvalue weighted by molar-refractivity contribution is 5.55. The van der Waals surface area contributed by atoms with Gasteiger partial charge in [0, 0.05) is 0 Å². The lowest BCUT2D eigenvalue weighted by Crippen LogP contribution is -1.89. The molecule has 0 fully saturated rings. The molecule has 1 rings (SSSR count). The molecular formula is C10H11NO. The van der Waals surface area contributed by atoms with Crippen molar-refractivity contribution in [3.8, 4) is 5.75 Å². The van der Waals surface area contributed by atoms with Crippen LogP contribution in [0.4, 0.5) is 5.69 Å². The smallest absolute Gasteiger partial charge is 0.188 e. The second kappa shape index (κ2) is 3.27. The molecule has 0 aliphatic heterocycles. The van der Waals surface area contributed by atoms with Crippen molar-refractivity contribution in [3.63, 3.8) is 0 Å². The lowest BCUT2D eigenvalue weighted by molar-refractivity contribution is 0.408. The summed E-state index contributed by atoms with van der Waals surface area (Å²) in [4.78, 5) is 3.36. The lowest BCUT2D eigenvalue weighted by Gasteiger charge is -2.08. The van der Waals surface area contributed by atoms with Gasteiger partial charge in [0.2, 0.25) is 0 Å². The van der Waals surface area contributed by atoms with Gasteiger partial charge in [-0.2, -0.15) is 0 Å². The monoisotopic (exact) mass is 161 g/mol. The fraction of sp³-hybridized carbons (Fsp3) is 0.300. The third kappa shape index (κ3) is 1.40. The summed E-state index contributed by atoms with van der Waals surface area (Å²) in [6, 6.07) is 3.66. The van der Waals surface area contributed by atoms with Gasteiger partial charge in [0.15, 0.2) is 5.69 Å². The number of benzene rings is 1. The molecule has 0 aromatic heterocycles. The second-order valence-electron chi connectivity index (χ2n) is 2.72. The van der Waals surface area contributed by atoms with E-state index >= 15 is 0 Å². The topological polar surface area (TPSA) is 13.6 Å². The lowest BCUT2D eigenvalue weighted by atomic mass is 10.1. The van der Waals surface area contributed by atoms with Gasteiger partial charge in [0.25, 0.3) is 0 Å². The molecule has 2 nitrogen and oxygen atoms in total. The Labute approximate surface area is 72.6 Å². The Bertz CT molecular complexity index is 313. The van der Waals surface area contributed by atoms with E-state index in [4.69, 9.17) is 11.3 Å². The van der Waals surface area contributed by atoms with Gasteiger partial charge in [-0.1, -0.05) is 0 Å². The summed E-state index contributed by atoms with van der Waals surface area (Å²) < 4.78 is 5.17. The predicted octanol–water partition coefficient (Wildman–Crippen LogP) is 2.86. The zero-order valence-electron chi connectivity index (χ0n) is 7.51. The molecule has 0 saturated heterocycles. The summed E-state index contributed by atoms with van der Waals surface area (Å²) in [5.41, 5.74) is 2.71. The summed E-state index contributed by atoms with van der Waals surface area (Å²) in [5, 5.41) is 0. The van der Waals surface area contributed by atoms with Crippen LogP contribution in [-0.4, -0.2) is 7.11 Å². The van der Waals surface area contributed by atoms with Crippen molar-refractivity contribution >= 4 is 5.69 Å². The van der Waals surface area contributed by atoms with Crippen LogP contribution in [0.3, 0.4) is 0 Å². The van der Waals surface area contributed by atoms with Crippen LogP contribution in [0.2, 0.25) is 0 Å². The Kier molecular flexibility index (Phi) is 2.35. The van der Waals surface area contributed by atoms with E-state index in [0.717, 1.165) is 16.9 Å². The molecular weight excluding hydrogens is 150 g/mol. The molecule has 0 saturated carbocycles. The first kappa shape index (κ1) is 8.61. The molecule has 0 unspecified atom stereocenters. The maximum atomic E-state index is 6.85. The van der Waals surface area contributed by atoms with Gasteiger partial charge in [-0.3, -0.25) is 0 Å². The molecule has 0 spiro atoms. The number of ether oxygens (including phenoxy) is 1. The highest BCUT2D eigenvalue weighted by Crippen LogP contribution is 2.27. The van der Waals surface area contributed by atoms with E-state index in [1.807, 2.05) is 26.0 Å². The highest BCUT2D eigenvalue weighted by Gasteiger charge is 2.03. The second-order valence-corrected chi connectivity index (χ2v) is 2.72. The molecule has 0 aliphatic rings. The number of hydrogen-bond donors (Lipinski definition) is 0. The largest absolute Gasteiger partial charge is 0.496 e. The van der Waals surface area contributed by atoms with Crippen molar-refractivity contribution in [2.45, 2.75) is 13.8 Å².